The SMILES string of the molecule is CCOC(=O)[C@@H](NS(=O)(=O)c1ccc(C)cc1)[C@H](C)C(C)=O. The number of hydrogen-bond acceptors (Lipinski definition) is 5. The third-order valence-electron chi connectivity index (χ3n) is 3.30. The predicted octanol–water partition coefficient (Wildman–Crippen LogP) is 1.43. The summed E-state index contributed by atoms with van der Waals surface area (Å²) < 4.78 is 31.8. The monoisotopic (exact) mass is 327 g/mol. The van der Waals surface area contributed by atoms with Crippen LogP contribution in [0.5, 0.6) is 0 Å². The van der Waals surface area contributed by atoms with E-state index in [1.54, 1.807) is 19.1 Å². The number of ether oxygens (including phenoxy) is 1. The first-order valence-corrected chi connectivity index (χ1v) is 8.43. The van der Waals surface area contributed by atoms with Crippen molar-refractivity contribution in [2.75, 3.05) is 6.61 Å². The Kier molecular flexibility index (Phi) is 6.25. The molecule has 0 saturated carbocycles. The van der Waals surface area contributed by atoms with E-state index in [0.717, 1.165) is 5.56 Å². The minimum absolute atomic E-state index is 0.0307. The first kappa shape index (κ1) is 18.3. The summed E-state index contributed by atoms with van der Waals surface area (Å²) in [5.74, 6) is -1.88. The Morgan fingerprint density at radius 2 is 1.77 bits per heavy atom. The van der Waals surface area contributed by atoms with Crippen LogP contribution in [-0.4, -0.2) is 32.8 Å². The molecule has 0 bridgehead atoms. The fourth-order valence-electron chi connectivity index (χ4n) is 1.77. The average Bonchev–Trinajstić information content (AvgIpc) is 2.44. The maximum absolute atomic E-state index is 12.4. The molecule has 1 aromatic rings. The lowest BCUT2D eigenvalue weighted by Crippen LogP contribution is -2.47. The molecule has 22 heavy (non-hydrogen) atoms. The quantitative estimate of drug-likeness (QED) is 0.765. The van der Waals surface area contributed by atoms with E-state index >= 15 is 0 Å². The average molecular weight is 327 g/mol. The minimum atomic E-state index is -3.92. The Hall–Kier alpha value is -1.73. The number of nitrogens with one attached hydrogen (secondary N) is 1. The molecule has 1 aromatic carbocycles. The van der Waals surface area contributed by atoms with E-state index < -0.39 is 28.0 Å². The van der Waals surface area contributed by atoms with Crippen LogP contribution in [0.2, 0.25) is 0 Å². The number of hydrogen-bond donors (Lipinski definition) is 1. The molecule has 0 fully saturated rings. The van der Waals surface area contributed by atoms with Crippen LogP contribution in [0.3, 0.4) is 0 Å². The van der Waals surface area contributed by atoms with Crippen molar-refractivity contribution >= 4 is 21.8 Å². The molecular formula is C15H21NO5S. The maximum Gasteiger partial charge on any atom is 0.324 e. The van der Waals surface area contributed by atoms with E-state index in [2.05, 4.69) is 4.72 Å². The van der Waals surface area contributed by atoms with E-state index in [1.807, 2.05) is 6.92 Å². The third-order valence-corrected chi connectivity index (χ3v) is 4.75. The Morgan fingerprint density at radius 1 is 1.23 bits per heavy atom. The summed E-state index contributed by atoms with van der Waals surface area (Å²) in [5, 5.41) is 0. The molecule has 0 spiro atoms. The van der Waals surface area contributed by atoms with Crippen LogP contribution in [0.15, 0.2) is 29.2 Å². The lowest BCUT2D eigenvalue weighted by molar-refractivity contribution is -0.148. The molecule has 0 aliphatic rings. The normalized spacial score (nSPS) is 14.2. The molecule has 0 amide bonds. The zero-order valence-electron chi connectivity index (χ0n) is 13.1. The van der Waals surface area contributed by atoms with E-state index in [4.69, 9.17) is 4.74 Å². The number of esters is 1. The number of carbonyl (C=O) groups excluding carboxylic acids is 2. The third kappa shape index (κ3) is 4.64. The molecule has 2 atom stereocenters. The van der Waals surface area contributed by atoms with Gasteiger partial charge in [0.25, 0.3) is 0 Å². The first-order chi connectivity index (χ1) is 10.2. The highest BCUT2D eigenvalue weighted by atomic mass is 32.2. The molecule has 0 radical (unpaired) electrons. The van der Waals surface area contributed by atoms with Crippen molar-refractivity contribution in [3.05, 3.63) is 29.8 Å². The Labute approximate surface area is 130 Å². The molecule has 0 unspecified atom stereocenters. The molecule has 0 aliphatic heterocycles. The lowest BCUT2D eigenvalue weighted by atomic mass is 9.99. The zero-order chi connectivity index (χ0) is 16.9. The Morgan fingerprint density at radius 3 is 2.23 bits per heavy atom. The van der Waals surface area contributed by atoms with Crippen LogP contribution >= 0.6 is 0 Å². The van der Waals surface area contributed by atoms with Gasteiger partial charge in [-0.3, -0.25) is 9.59 Å². The number of rotatable bonds is 7. The van der Waals surface area contributed by atoms with Crippen molar-refractivity contribution in [3.63, 3.8) is 0 Å². The highest BCUT2D eigenvalue weighted by molar-refractivity contribution is 7.89. The summed E-state index contributed by atoms with van der Waals surface area (Å²) >= 11 is 0. The summed E-state index contributed by atoms with van der Waals surface area (Å²) in [6.45, 7) is 6.34. The van der Waals surface area contributed by atoms with Crippen molar-refractivity contribution in [1.29, 1.82) is 0 Å². The van der Waals surface area contributed by atoms with Crippen LogP contribution in [-0.2, 0) is 24.3 Å². The predicted molar refractivity (Wildman–Crippen MR) is 81.8 cm³/mol. The summed E-state index contributed by atoms with van der Waals surface area (Å²) in [5.41, 5.74) is 0.915. The topological polar surface area (TPSA) is 89.5 Å². The summed E-state index contributed by atoms with van der Waals surface area (Å²) in [7, 11) is -3.92. The first-order valence-electron chi connectivity index (χ1n) is 6.95. The maximum atomic E-state index is 12.4. The number of ketones is 1. The van der Waals surface area contributed by atoms with Gasteiger partial charge in [0, 0.05) is 5.92 Å². The van der Waals surface area contributed by atoms with Gasteiger partial charge in [0.1, 0.15) is 11.8 Å². The van der Waals surface area contributed by atoms with E-state index in [0.29, 0.717) is 0 Å². The fourth-order valence-corrected chi connectivity index (χ4v) is 3.04. The zero-order valence-corrected chi connectivity index (χ0v) is 13.9. The Bertz CT molecular complexity index is 636. The molecule has 1 N–H and O–H groups in total. The number of aryl methyl sites for hydroxylation is 1. The van der Waals surface area contributed by atoms with Crippen LogP contribution in [0.25, 0.3) is 0 Å². The molecule has 6 nitrogen and oxygen atoms in total. The summed E-state index contributed by atoms with van der Waals surface area (Å²) in [6, 6.07) is 4.95. The van der Waals surface area contributed by atoms with Crippen molar-refractivity contribution in [2.24, 2.45) is 5.92 Å². The van der Waals surface area contributed by atoms with Gasteiger partial charge in [0.05, 0.1) is 11.5 Å². The van der Waals surface area contributed by atoms with Gasteiger partial charge in [0.2, 0.25) is 10.0 Å². The lowest BCUT2D eigenvalue weighted by Gasteiger charge is -2.21. The van der Waals surface area contributed by atoms with E-state index in [1.165, 1.54) is 26.0 Å². The second-order valence-corrected chi connectivity index (χ2v) is 6.78. The smallest absolute Gasteiger partial charge is 0.324 e. The second-order valence-electron chi connectivity index (χ2n) is 5.06. The minimum Gasteiger partial charge on any atom is -0.465 e. The molecule has 0 aliphatic carbocycles. The van der Waals surface area contributed by atoms with E-state index in [9.17, 15) is 18.0 Å². The molecular weight excluding hydrogens is 306 g/mol. The van der Waals surface area contributed by atoms with Gasteiger partial charge in [-0.25, -0.2) is 8.42 Å². The molecule has 7 heteroatoms. The highest BCUT2D eigenvalue weighted by Crippen LogP contribution is 2.14. The van der Waals surface area contributed by atoms with Gasteiger partial charge in [-0.15, -0.1) is 0 Å². The standard InChI is InChI=1S/C15H21NO5S/c1-5-21-15(18)14(11(3)12(4)17)16-22(19,20)13-8-6-10(2)7-9-13/h6-9,11,14,16H,5H2,1-4H3/t11-,14+/m1/s1. The molecule has 0 aromatic heterocycles. The largest absolute Gasteiger partial charge is 0.465 e. The van der Waals surface area contributed by atoms with Gasteiger partial charge in [-0.2, -0.15) is 4.72 Å². The highest BCUT2D eigenvalue weighted by Gasteiger charge is 2.33. The van der Waals surface area contributed by atoms with E-state index in [-0.39, 0.29) is 17.3 Å². The van der Waals surface area contributed by atoms with Gasteiger partial charge in [-0.1, -0.05) is 24.6 Å². The van der Waals surface area contributed by atoms with Crippen molar-refractivity contribution in [3.8, 4) is 0 Å². The summed E-state index contributed by atoms with van der Waals surface area (Å²) in [6.07, 6.45) is 0. The number of benzene rings is 1. The van der Waals surface area contributed by atoms with Crippen LogP contribution in [0.1, 0.15) is 26.3 Å². The van der Waals surface area contributed by atoms with Gasteiger partial charge >= 0.3 is 5.97 Å². The number of Topliss-reactive ketones (excluding diaryl/α,β-unsaturated/α-hetero) is 1. The number of sulfonamides is 1. The number of carbonyl (C=O) groups is 2. The van der Waals surface area contributed by atoms with Gasteiger partial charge in [0.15, 0.2) is 0 Å². The summed E-state index contributed by atoms with van der Waals surface area (Å²) in [4.78, 5) is 23.5. The molecule has 0 saturated heterocycles. The van der Waals surface area contributed by atoms with Gasteiger partial charge in [-0.05, 0) is 32.9 Å². The molecule has 0 heterocycles. The van der Waals surface area contributed by atoms with Gasteiger partial charge < -0.3 is 4.74 Å². The van der Waals surface area contributed by atoms with Crippen LogP contribution in [0, 0.1) is 12.8 Å². The Balaban J connectivity index is 3.09. The fraction of sp³-hybridized carbons (Fsp3) is 0.467. The van der Waals surface area contributed by atoms with Crippen LogP contribution < -0.4 is 4.72 Å². The molecule has 122 valence electrons. The van der Waals surface area contributed by atoms with Crippen molar-refractivity contribution in [2.45, 2.75) is 38.6 Å². The van der Waals surface area contributed by atoms with Crippen molar-refractivity contribution in [1.82, 2.24) is 4.72 Å². The van der Waals surface area contributed by atoms with Crippen molar-refractivity contribution < 1.29 is 22.7 Å². The molecule has 1 rings (SSSR count). The van der Waals surface area contributed by atoms with Crippen LogP contribution in [0.4, 0.5) is 0 Å². The second kappa shape index (κ2) is 7.51.